The molecule has 0 aliphatic rings. The highest BCUT2D eigenvalue weighted by molar-refractivity contribution is 6.32. The normalized spacial score (nSPS) is 10.8. The number of hydrogen-bond acceptors (Lipinski definition) is 5. The van der Waals surface area contributed by atoms with Crippen molar-refractivity contribution in [3.05, 3.63) is 84.2 Å². The van der Waals surface area contributed by atoms with Gasteiger partial charge in [0.05, 0.1) is 4.92 Å². The van der Waals surface area contributed by atoms with E-state index in [0.29, 0.717) is 21.6 Å². The van der Waals surface area contributed by atoms with Gasteiger partial charge in [-0.05, 0) is 35.9 Å². The lowest BCUT2D eigenvalue weighted by Crippen LogP contribution is -2.15. The van der Waals surface area contributed by atoms with Crippen molar-refractivity contribution in [2.24, 2.45) is 0 Å². The average Bonchev–Trinajstić information content (AvgIpc) is 2.56. The molecule has 3 rings (SSSR count). The first kappa shape index (κ1) is 17.1. The Morgan fingerprint density at radius 2 is 1.88 bits per heavy atom. The van der Waals surface area contributed by atoms with Gasteiger partial charge in [-0.25, -0.2) is 4.79 Å². The minimum absolute atomic E-state index is 0.0268. The fourth-order valence-corrected chi connectivity index (χ4v) is 2.74. The van der Waals surface area contributed by atoms with Gasteiger partial charge in [0.25, 0.3) is 5.69 Å². The molecule has 0 spiro atoms. The molecule has 3 aromatic rings. The second-order valence-electron chi connectivity index (χ2n) is 5.27. The van der Waals surface area contributed by atoms with Gasteiger partial charge in [0.1, 0.15) is 16.2 Å². The van der Waals surface area contributed by atoms with Gasteiger partial charge in [0.15, 0.2) is 5.78 Å². The molecule has 2 aromatic carbocycles. The Labute approximate surface area is 150 Å². The Morgan fingerprint density at radius 1 is 1.12 bits per heavy atom. The summed E-state index contributed by atoms with van der Waals surface area (Å²) in [5.41, 5.74) is -0.542. The van der Waals surface area contributed by atoms with Gasteiger partial charge in [-0.2, -0.15) is 0 Å². The molecule has 1 heterocycles. The van der Waals surface area contributed by atoms with Crippen LogP contribution < -0.4 is 5.63 Å². The van der Waals surface area contributed by atoms with Crippen LogP contribution in [0.25, 0.3) is 11.0 Å². The Morgan fingerprint density at radius 3 is 2.60 bits per heavy atom. The van der Waals surface area contributed by atoms with Gasteiger partial charge in [-0.1, -0.05) is 29.3 Å². The largest absolute Gasteiger partial charge is 0.422 e. The summed E-state index contributed by atoms with van der Waals surface area (Å²) in [7, 11) is 0. The fraction of sp³-hybridized carbons (Fsp3) is 0.0588. The first-order valence-corrected chi connectivity index (χ1v) is 7.80. The quantitative estimate of drug-likeness (QED) is 0.290. The number of carbonyl (C=O) groups is 1. The third-order valence-corrected chi connectivity index (χ3v) is 4.12. The molecule has 0 saturated heterocycles. The Balaban J connectivity index is 1.97. The maximum Gasteiger partial charge on any atom is 0.347 e. The smallest absolute Gasteiger partial charge is 0.347 e. The molecule has 1 aromatic heterocycles. The number of fused-ring (bicyclic) bond motifs is 1. The number of nitro benzene ring substituents is 1. The molecule has 0 fully saturated rings. The number of nitro groups is 1. The second-order valence-corrected chi connectivity index (χ2v) is 6.12. The highest BCUT2D eigenvalue weighted by Gasteiger charge is 2.18. The van der Waals surface area contributed by atoms with Crippen molar-refractivity contribution in [2.75, 3.05) is 0 Å². The van der Waals surface area contributed by atoms with E-state index in [1.165, 1.54) is 30.3 Å². The molecule has 25 heavy (non-hydrogen) atoms. The minimum atomic E-state index is -0.775. The molecular formula is C17H9Cl2NO5. The zero-order valence-electron chi connectivity index (χ0n) is 12.5. The van der Waals surface area contributed by atoms with Crippen molar-refractivity contribution < 1.29 is 14.1 Å². The number of Topliss-reactive ketones (excluding diaryl/α,β-unsaturated/α-hetero) is 1. The third kappa shape index (κ3) is 3.55. The fourth-order valence-electron chi connectivity index (χ4n) is 2.38. The molecule has 126 valence electrons. The molecule has 0 aliphatic heterocycles. The lowest BCUT2D eigenvalue weighted by atomic mass is 10.0. The van der Waals surface area contributed by atoms with Crippen molar-refractivity contribution in [3.63, 3.8) is 0 Å². The molecule has 8 heteroatoms. The highest BCUT2D eigenvalue weighted by atomic mass is 35.5. The zero-order valence-corrected chi connectivity index (χ0v) is 14.0. The summed E-state index contributed by atoms with van der Waals surface area (Å²) in [5.74, 6) is -0.521. The van der Waals surface area contributed by atoms with E-state index in [2.05, 4.69) is 0 Å². The molecule has 0 unspecified atom stereocenters. The monoisotopic (exact) mass is 377 g/mol. The SMILES string of the molecule is O=C(Cc1ccc(Cl)c([N+](=O)[O-])c1)c1cc2cc(Cl)ccc2oc1=O. The first-order chi connectivity index (χ1) is 11.8. The molecule has 6 nitrogen and oxygen atoms in total. The standard InChI is InChI=1S/C17H9Cl2NO5/c18-11-2-4-16-10(7-11)8-12(17(22)25-16)15(21)6-9-1-3-13(19)14(5-9)20(23)24/h1-5,7-8H,6H2. The van der Waals surface area contributed by atoms with Crippen LogP contribution in [0.1, 0.15) is 15.9 Å². The number of carbonyl (C=O) groups excluding carboxylic acids is 1. The molecule has 0 saturated carbocycles. The van der Waals surface area contributed by atoms with Crippen LogP contribution in [0.4, 0.5) is 5.69 Å². The lowest BCUT2D eigenvalue weighted by Gasteiger charge is -2.04. The van der Waals surface area contributed by atoms with Crippen molar-refractivity contribution >= 4 is 45.6 Å². The lowest BCUT2D eigenvalue weighted by molar-refractivity contribution is -0.384. The van der Waals surface area contributed by atoms with Crippen LogP contribution in [-0.2, 0) is 6.42 Å². The van der Waals surface area contributed by atoms with Crippen LogP contribution in [-0.4, -0.2) is 10.7 Å². The van der Waals surface area contributed by atoms with Crippen LogP contribution in [0.3, 0.4) is 0 Å². The summed E-state index contributed by atoms with van der Waals surface area (Å²) in [6.07, 6.45) is -0.200. The maximum atomic E-state index is 12.4. The predicted molar refractivity (Wildman–Crippen MR) is 93.6 cm³/mol. The summed E-state index contributed by atoms with van der Waals surface area (Å²) in [6.45, 7) is 0. The van der Waals surface area contributed by atoms with Crippen molar-refractivity contribution in [2.45, 2.75) is 6.42 Å². The molecule has 0 N–H and O–H groups in total. The van der Waals surface area contributed by atoms with E-state index in [1.54, 1.807) is 12.1 Å². The first-order valence-electron chi connectivity index (χ1n) is 7.04. The Hall–Kier alpha value is -2.70. The van der Waals surface area contributed by atoms with Gasteiger partial charge in [0, 0.05) is 22.9 Å². The topological polar surface area (TPSA) is 90.4 Å². The minimum Gasteiger partial charge on any atom is -0.422 e. The van der Waals surface area contributed by atoms with E-state index < -0.39 is 16.3 Å². The van der Waals surface area contributed by atoms with E-state index >= 15 is 0 Å². The molecule has 0 radical (unpaired) electrons. The number of nitrogens with zero attached hydrogens (tertiary/aromatic N) is 1. The molecule has 0 atom stereocenters. The second kappa shape index (κ2) is 6.66. The average molecular weight is 378 g/mol. The number of benzene rings is 2. The van der Waals surface area contributed by atoms with E-state index in [0.717, 1.165) is 0 Å². The van der Waals surface area contributed by atoms with Gasteiger partial charge < -0.3 is 4.42 Å². The van der Waals surface area contributed by atoms with E-state index in [4.69, 9.17) is 27.6 Å². The van der Waals surface area contributed by atoms with Crippen molar-refractivity contribution in [3.8, 4) is 0 Å². The van der Waals surface area contributed by atoms with E-state index in [1.807, 2.05) is 0 Å². The zero-order chi connectivity index (χ0) is 18.1. The maximum absolute atomic E-state index is 12.4. The van der Waals surface area contributed by atoms with Crippen LogP contribution >= 0.6 is 23.2 Å². The summed E-state index contributed by atoms with van der Waals surface area (Å²) in [4.78, 5) is 34.7. The Bertz CT molecular complexity index is 1070. The van der Waals surface area contributed by atoms with Gasteiger partial charge >= 0.3 is 5.63 Å². The number of hydrogen-bond donors (Lipinski definition) is 0. The molecule has 0 aliphatic carbocycles. The summed E-state index contributed by atoms with van der Waals surface area (Å²) in [5, 5.41) is 11.8. The van der Waals surface area contributed by atoms with Crippen LogP contribution in [0, 0.1) is 10.1 Å². The molecular weight excluding hydrogens is 369 g/mol. The molecule has 0 bridgehead atoms. The van der Waals surface area contributed by atoms with Gasteiger partial charge in [-0.15, -0.1) is 0 Å². The van der Waals surface area contributed by atoms with Gasteiger partial charge in [0.2, 0.25) is 0 Å². The number of ketones is 1. The number of halogens is 2. The van der Waals surface area contributed by atoms with E-state index in [-0.39, 0.29) is 22.7 Å². The summed E-state index contributed by atoms with van der Waals surface area (Å²) >= 11 is 11.6. The van der Waals surface area contributed by atoms with Crippen LogP contribution in [0.15, 0.2) is 51.7 Å². The molecule has 0 amide bonds. The van der Waals surface area contributed by atoms with Crippen LogP contribution in [0.2, 0.25) is 10.0 Å². The van der Waals surface area contributed by atoms with E-state index in [9.17, 15) is 19.7 Å². The van der Waals surface area contributed by atoms with Crippen molar-refractivity contribution in [1.82, 2.24) is 0 Å². The third-order valence-electron chi connectivity index (χ3n) is 3.57. The highest BCUT2D eigenvalue weighted by Crippen LogP contribution is 2.26. The summed E-state index contributed by atoms with van der Waals surface area (Å²) in [6, 6.07) is 10.1. The van der Waals surface area contributed by atoms with Crippen LogP contribution in [0.5, 0.6) is 0 Å². The summed E-state index contributed by atoms with van der Waals surface area (Å²) < 4.78 is 5.12. The van der Waals surface area contributed by atoms with Crippen molar-refractivity contribution in [1.29, 1.82) is 0 Å². The van der Waals surface area contributed by atoms with Gasteiger partial charge in [-0.3, -0.25) is 14.9 Å². The number of rotatable bonds is 4. The predicted octanol–water partition coefficient (Wildman–Crippen LogP) is 4.43. The Kier molecular flexibility index (Phi) is 4.57.